The maximum Gasteiger partial charge on any atom is 0.171 e. The van der Waals surface area contributed by atoms with Crippen LogP contribution in [0.5, 0.6) is 0 Å². The van der Waals surface area contributed by atoms with E-state index in [-0.39, 0.29) is 0 Å². The average molecular weight is 164 g/mol. The van der Waals surface area contributed by atoms with Gasteiger partial charge in [-0.2, -0.15) is 5.10 Å². The lowest BCUT2D eigenvalue weighted by atomic mass is 10.3. The molecule has 0 aliphatic carbocycles. The van der Waals surface area contributed by atoms with Crippen LogP contribution in [0, 0.1) is 0 Å². The highest BCUT2D eigenvalue weighted by atomic mass is 32.1. The van der Waals surface area contributed by atoms with Crippen molar-refractivity contribution < 1.29 is 4.79 Å². The molecule has 2 rings (SSSR count). The Hall–Kier alpha value is -1.29. The van der Waals surface area contributed by atoms with Crippen molar-refractivity contribution >= 4 is 27.7 Å². The van der Waals surface area contributed by atoms with E-state index < -0.39 is 0 Å². The lowest BCUT2D eigenvalue weighted by Crippen LogP contribution is -1.88. The zero-order valence-corrected chi connectivity index (χ0v) is 6.34. The van der Waals surface area contributed by atoms with Crippen molar-refractivity contribution in [3.63, 3.8) is 0 Å². The molecular formula is C7H4N2OS. The van der Waals surface area contributed by atoms with Crippen LogP contribution in [0.25, 0.3) is 10.1 Å². The monoisotopic (exact) mass is 164 g/mol. The van der Waals surface area contributed by atoms with Crippen LogP contribution in [0.2, 0.25) is 0 Å². The van der Waals surface area contributed by atoms with E-state index >= 15 is 0 Å². The highest BCUT2D eigenvalue weighted by Crippen LogP contribution is 2.20. The van der Waals surface area contributed by atoms with Crippen molar-refractivity contribution in [2.75, 3.05) is 0 Å². The van der Waals surface area contributed by atoms with E-state index in [0.717, 1.165) is 16.4 Å². The van der Waals surface area contributed by atoms with E-state index in [9.17, 15) is 4.79 Å². The minimum atomic E-state index is 0.428. The van der Waals surface area contributed by atoms with E-state index in [0.29, 0.717) is 5.69 Å². The maximum atomic E-state index is 10.4. The average Bonchev–Trinajstić information content (AvgIpc) is 2.50. The Morgan fingerprint density at radius 3 is 3.27 bits per heavy atom. The summed E-state index contributed by atoms with van der Waals surface area (Å²) in [6.07, 6.45) is 2.38. The minimum Gasteiger partial charge on any atom is -0.296 e. The summed E-state index contributed by atoms with van der Waals surface area (Å²) in [5, 5.41) is 10.3. The first kappa shape index (κ1) is 6.42. The molecule has 4 heteroatoms. The van der Waals surface area contributed by atoms with Crippen LogP contribution in [0.3, 0.4) is 0 Å². The second-order valence-corrected chi connectivity index (χ2v) is 2.97. The highest BCUT2D eigenvalue weighted by Gasteiger charge is 2.01. The summed E-state index contributed by atoms with van der Waals surface area (Å²) < 4.78 is 0.912. The van der Waals surface area contributed by atoms with Gasteiger partial charge in [0.05, 0.1) is 10.9 Å². The van der Waals surface area contributed by atoms with Gasteiger partial charge in [0.2, 0.25) is 0 Å². The molecule has 0 saturated carbocycles. The van der Waals surface area contributed by atoms with Gasteiger partial charge in [-0.1, -0.05) is 0 Å². The number of carbonyl (C=O) groups excluding carboxylic acids is 1. The van der Waals surface area contributed by atoms with Gasteiger partial charge >= 0.3 is 0 Å². The second-order valence-electron chi connectivity index (χ2n) is 2.05. The predicted molar refractivity (Wildman–Crippen MR) is 42.8 cm³/mol. The van der Waals surface area contributed by atoms with Crippen LogP contribution in [0.1, 0.15) is 10.5 Å². The van der Waals surface area contributed by atoms with Gasteiger partial charge in [-0.25, -0.2) is 0 Å². The minimum absolute atomic E-state index is 0.428. The summed E-state index contributed by atoms with van der Waals surface area (Å²) in [5.74, 6) is 0. The van der Waals surface area contributed by atoms with Crippen LogP contribution in [0.15, 0.2) is 17.6 Å². The van der Waals surface area contributed by atoms with Gasteiger partial charge in [0.1, 0.15) is 5.69 Å². The van der Waals surface area contributed by atoms with Gasteiger partial charge < -0.3 is 0 Å². The Morgan fingerprint density at radius 2 is 2.45 bits per heavy atom. The third-order valence-corrected chi connectivity index (χ3v) is 2.35. The zero-order valence-electron chi connectivity index (χ0n) is 5.52. The molecule has 0 saturated heterocycles. The molecule has 2 aromatic rings. The summed E-state index contributed by atoms with van der Waals surface area (Å²) in [5.41, 5.74) is 0.428. The van der Waals surface area contributed by atoms with E-state index in [1.165, 1.54) is 11.3 Å². The summed E-state index contributed by atoms with van der Waals surface area (Å²) in [6, 6.07) is 1.92. The van der Waals surface area contributed by atoms with Gasteiger partial charge in [0.15, 0.2) is 6.29 Å². The van der Waals surface area contributed by atoms with Gasteiger partial charge in [0.25, 0.3) is 0 Å². The SMILES string of the molecule is O=Cc1nncc2ccsc12. The van der Waals surface area contributed by atoms with Crippen LogP contribution in [-0.4, -0.2) is 16.5 Å². The number of nitrogens with zero attached hydrogens (tertiary/aromatic N) is 2. The van der Waals surface area contributed by atoms with Gasteiger partial charge in [-0.3, -0.25) is 4.79 Å². The van der Waals surface area contributed by atoms with Crippen molar-refractivity contribution in [1.82, 2.24) is 10.2 Å². The Morgan fingerprint density at radius 1 is 1.55 bits per heavy atom. The highest BCUT2D eigenvalue weighted by molar-refractivity contribution is 7.17. The zero-order chi connectivity index (χ0) is 7.68. The molecule has 3 nitrogen and oxygen atoms in total. The lowest BCUT2D eigenvalue weighted by Gasteiger charge is -1.88. The van der Waals surface area contributed by atoms with Crippen molar-refractivity contribution in [3.8, 4) is 0 Å². The Bertz CT molecular complexity index is 396. The largest absolute Gasteiger partial charge is 0.296 e. The standard InChI is InChI=1S/C7H4N2OS/c10-4-6-7-5(1-2-11-7)3-8-9-6/h1-4H. The molecule has 2 heterocycles. The predicted octanol–water partition coefficient (Wildman–Crippen LogP) is 1.50. The molecule has 2 aromatic heterocycles. The molecule has 0 aliphatic rings. The Balaban J connectivity index is 2.88. The number of aldehydes is 1. The van der Waals surface area contributed by atoms with Crippen LogP contribution in [-0.2, 0) is 0 Å². The number of thiophene rings is 1. The molecule has 0 aliphatic heterocycles. The molecule has 0 bridgehead atoms. The lowest BCUT2D eigenvalue weighted by molar-refractivity contribution is 0.112. The number of rotatable bonds is 1. The van der Waals surface area contributed by atoms with Gasteiger partial charge in [0, 0.05) is 5.39 Å². The van der Waals surface area contributed by atoms with Crippen molar-refractivity contribution in [3.05, 3.63) is 23.3 Å². The summed E-state index contributed by atoms with van der Waals surface area (Å²) >= 11 is 1.50. The molecule has 0 N–H and O–H groups in total. The molecule has 0 unspecified atom stereocenters. The number of hydrogen-bond donors (Lipinski definition) is 0. The van der Waals surface area contributed by atoms with Crippen molar-refractivity contribution in [2.45, 2.75) is 0 Å². The number of hydrogen-bond acceptors (Lipinski definition) is 4. The van der Waals surface area contributed by atoms with E-state index in [2.05, 4.69) is 10.2 Å². The van der Waals surface area contributed by atoms with E-state index in [1.807, 2.05) is 11.4 Å². The first-order valence-corrected chi connectivity index (χ1v) is 3.94. The number of fused-ring (bicyclic) bond motifs is 1. The third-order valence-electron chi connectivity index (χ3n) is 1.40. The summed E-state index contributed by atoms with van der Waals surface area (Å²) in [7, 11) is 0. The van der Waals surface area contributed by atoms with E-state index in [1.54, 1.807) is 6.20 Å². The molecule has 0 atom stereocenters. The second kappa shape index (κ2) is 2.39. The summed E-state index contributed by atoms with van der Waals surface area (Å²) in [4.78, 5) is 10.4. The molecule has 0 radical (unpaired) electrons. The quantitative estimate of drug-likeness (QED) is 0.600. The van der Waals surface area contributed by atoms with E-state index in [4.69, 9.17) is 0 Å². The first-order chi connectivity index (χ1) is 5.42. The molecule has 0 amide bonds. The van der Waals surface area contributed by atoms with Crippen molar-refractivity contribution in [2.24, 2.45) is 0 Å². The molecular weight excluding hydrogens is 160 g/mol. The molecule has 54 valence electrons. The molecule has 0 fully saturated rings. The number of carbonyl (C=O) groups is 1. The van der Waals surface area contributed by atoms with Crippen LogP contribution < -0.4 is 0 Å². The van der Waals surface area contributed by atoms with Crippen LogP contribution in [0.4, 0.5) is 0 Å². The third kappa shape index (κ3) is 0.914. The van der Waals surface area contributed by atoms with Crippen molar-refractivity contribution in [1.29, 1.82) is 0 Å². The van der Waals surface area contributed by atoms with Gasteiger partial charge in [-0.15, -0.1) is 16.4 Å². The fourth-order valence-corrected chi connectivity index (χ4v) is 1.72. The topological polar surface area (TPSA) is 42.9 Å². The summed E-state index contributed by atoms with van der Waals surface area (Å²) in [6.45, 7) is 0. The molecule has 0 spiro atoms. The first-order valence-electron chi connectivity index (χ1n) is 3.06. The fourth-order valence-electron chi connectivity index (χ4n) is 0.905. The maximum absolute atomic E-state index is 10.4. The number of aromatic nitrogens is 2. The van der Waals surface area contributed by atoms with Gasteiger partial charge in [-0.05, 0) is 11.4 Å². The fraction of sp³-hybridized carbons (Fsp3) is 0. The Kier molecular flexibility index (Phi) is 1.40. The van der Waals surface area contributed by atoms with Crippen LogP contribution >= 0.6 is 11.3 Å². The Labute approximate surface area is 66.7 Å². The molecule has 11 heavy (non-hydrogen) atoms. The molecule has 0 aromatic carbocycles. The normalized spacial score (nSPS) is 10.2. The smallest absolute Gasteiger partial charge is 0.171 e.